The maximum Gasteiger partial charge on any atom is 0.255 e. The van der Waals surface area contributed by atoms with E-state index in [1.54, 1.807) is 12.1 Å². The van der Waals surface area contributed by atoms with Crippen LogP contribution < -0.4 is 5.32 Å². The summed E-state index contributed by atoms with van der Waals surface area (Å²) in [6.45, 7) is 3.67. The lowest BCUT2D eigenvalue weighted by atomic mass is 10.1. The lowest BCUT2D eigenvalue weighted by Gasteiger charge is -2.12. The zero-order valence-electron chi connectivity index (χ0n) is 10.6. The molecule has 1 aromatic carbocycles. The third kappa shape index (κ3) is 3.17. The third-order valence-corrected chi connectivity index (χ3v) is 3.23. The average molecular weight is 324 g/mol. The van der Waals surface area contributed by atoms with Gasteiger partial charge in [-0.3, -0.25) is 4.79 Å². The molecule has 1 amide bonds. The topological polar surface area (TPSA) is 62.5 Å². The number of carbonyl (C=O) groups excluding carboxylic acids is 1. The smallest absolute Gasteiger partial charge is 0.255 e. The Morgan fingerprint density at radius 3 is 2.68 bits per heavy atom. The van der Waals surface area contributed by atoms with Gasteiger partial charge in [0.1, 0.15) is 17.3 Å². The molecular weight excluding hydrogens is 310 g/mol. The summed E-state index contributed by atoms with van der Waals surface area (Å²) in [5.74, 6) is 1.08. The Morgan fingerprint density at radius 2 is 2.11 bits per heavy atom. The van der Waals surface area contributed by atoms with Gasteiger partial charge in [0.15, 0.2) is 0 Å². The van der Waals surface area contributed by atoms with E-state index in [-0.39, 0.29) is 23.3 Å². The Morgan fingerprint density at radius 1 is 1.37 bits per heavy atom. The molecule has 0 aliphatic heterocycles. The number of aromatic hydroxyl groups is 1. The van der Waals surface area contributed by atoms with Crippen molar-refractivity contribution < 1.29 is 14.3 Å². The van der Waals surface area contributed by atoms with Gasteiger partial charge in [-0.15, -0.1) is 0 Å². The molecule has 2 N–H and O–H groups in total. The van der Waals surface area contributed by atoms with E-state index in [0.717, 1.165) is 10.2 Å². The maximum absolute atomic E-state index is 12.0. The van der Waals surface area contributed by atoms with Crippen molar-refractivity contribution in [3.8, 4) is 5.75 Å². The molecule has 0 bridgehead atoms. The Balaban J connectivity index is 2.12. The Labute approximate surface area is 119 Å². The van der Waals surface area contributed by atoms with Crippen LogP contribution in [-0.2, 0) is 0 Å². The largest absolute Gasteiger partial charge is 0.507 e. The summed E-state index contributed by atoms with van der Waals surface area (Å²) in [6.07, 6.45) is 0. The van der Waals surface area contributed by atoms with Crippen LogP contribution in [0.5, 0.6) is 5.75 Å². The van der Waals surface area contributed by atoms with E-state index >= 15 is 0 Å². The first-order valence-corrected chi connectivity index (χ1v) is 6.62. The molecule has 19 heavy (non-hydrogen) atoms. The van der Waals surface area contributed by atoms with Crippen molar-refractivity contribution in [2.45, 2.75) is 19.9 Å². The number of carbonyl (C=O) groups is 1. The van der Waals surface area contributed by atoms with Crippen LogP contribution in [-0.4, -0.2) is 11.0 Å². The standard InChI is InChI=1S/C14H14BrNO3/c1-8-3-6-13(19-8)9(2)16-14(18)11-5-4-10(15)7-12(11)17/h3-7,9,17H,1-2H3,(H,16,18). The van der Waals surface area contributed by atoms with Crippen molar-refractivity contribution in [2.75, 3.05) is 0 Å². The lowest BCUT2D eigenvalue weighted by Crippen LogP contribution is -2.26. The Bertz CT molecular complexity index is 606. The first-order valence-electron chi connectivity index (χ1n) is 5.83. The molecule has 2 aromatic rings. The minimum absolute atomic E-state index is 0.0605. The molecule has 100 valence electrons. The molecule has 4 nitrogen and oxygen atoms in total. The van der Waals surface area contributed by atoms with E-state index in [1.165, 1.54) is 6.07 Å². The zero-order chi connectivity index (χ0) is 14.0. The van der Waals surface area contributed by atoms with Gasteiger partial charge in [-0.1, -0.05) is 15.9 Å². The second-order valence-corrected chi connectivity index (χ2v) is 5.22. The van der Waals surface area contributed by atoms with Gasteiger partial charge < -0.3 is 14.8 Å². The highest BCUT2D eigenvalue weighted by Crippen LogP contribution is 2.23. The van der Waals surface area contributed by atoms with Crippen molar-refractivity contribution in [3.63, 3.8) is 0 Å². The van der Waals surface area contributed by atoms with E-state index in [4.69, 9.17) is 4.42 Å². The predicted octanol–water partition coefficient (Wildman–Crippen LogP) is 3.55. The fourth-order valence-corrected chi connectivity index (χ4v) is 2.08. The number of furan rings is 1. The van der Waals surface area contributed by atoms with Gasteiger partial charge in [-0.25, -0.2) is 0 Å². The van der Waals surface area contributed by atoms with Crippen molar-refractivity contribution in [3.05, 3.63) is 51.9 Å². The zero-order valence-corrected chi connectivity index (χ0v) is 12.2. The van der Waals surface area contributed by atoms with Crippen molar-refractivity contribution in [1.82, 2.24) is 5.32 Å². The first kappa shape index (κ1) is 13.7. The number of nitrogens with one attached hydrogen (secondary N) is 1. The minimum Gasteiger partial charge on any atom is -0.507 e. The van der Waals surface area contributed by atoms with E-state index in [9.17, 15) is 9.90 Å². The number of amides is 1. The maximum atomic E-state index is 12.0. The molecule has 0 aliphatic carbocycles. The van der Waals surface area contributed by atoms with Crippen LogP contribution >= 0.6 is 15.9 Å². The van der Waals surface area contributed by atoms with Gasteiger partial charge in [-0.2, -0.15) is 0 Å². The first-order chi connectivity index (χ1) is 8.97. The summed E-state index contributed by atoms with van der Waals surface area (Å²) < 4.78 is 6.17. The number of hydrogen-bond acceptors (Lipinski definition) is 3. The van der Waals surface area contributed by atoms with E-state index < -0.39 is 0 Å². The molecule has 2 rings (SSSR count). The predicted molar refractivity (Wildman–Crippen MR) is 75.1 cm³/mol. The molecule has 0 saturated heterocycles. The van der Waals surface area contributed by atoms with Gasteiger partial charge in [0.05, 0.1) is 11.6 Å². The number of aryl methyl sites for hydroxylation is 1. The Hall–Kier alpha value is -1.75. The summed E-state index contributed by atoms with van der Waals surface area (Å²) in [6, 6.07) is 8.16. The highest BCUT2D eigenvalue weighted by Gasteiger charge is 2.16. The fraction of sp³-hybridized carbons (Fsp3) is 0.214. The highest BCUT2D eigenvalue weighted by molar-refractivity contribution is 9.10. The summed E-state index contributed by atoms with van der Waals surface area (Å²) >= 11 is 3.23. The summed E-state index contributed by atoms with van der Waals surface area (Å²) in [5, 5.41) is 12.5. The number of halogens is 1. The molecule has 0 saturated carbocycles. The molecule has 0 aliphatic rings. The van der Waals surface area contributed by atoms with Gasteiger partial charge in [0.2, 0.25) is 0 Å². The van der Waals surface area contributed by atoms with Gasteiger partial charge in [-0.05, 0) is 44.2 Å². The van der Waals surface area contributed by atoms with Crippen LogP contribution in [0.15, 0.2) is 39.2 Å². The minimum atomic E-state index is -0.341. The van der Waals surface area contributed by atoms with Crippen LogP contribution in [0.2, 0.25) is 0 Å². The number of benzene rings is 1. The molecule has 5 heteroatoms. The second-order valence-electron chi connectivity index (χ2n) is 4.31. The van der Waals surface area contributed by atoms with Crippen LogP contribution in [0.25, 0.3) is 0 Å². The van der Waals surface area contributed by atoms with Gasteiger partial charge >= 0.3 is 0 Å². The van der Waals surface area contributed by atoms with Crippen LogP contribution in [0.1, 0.15) is 34.8 Å². The quantitative estimate of drug-likeness (QED) is 0.908. The van der Waals surface area contributed by atoms with Crippen LogP contribution in [0.3, 0.4) is 0 Å². The molecule has 0 spiro atoms. The average Bonchev–Trinajstić information content (AvgIpc) is 2.75. The van der Waals surface area contributed by atoms with Gasteiger partial charge in [0, 0.05) is 4.47 Å². The third-order valence-electron chi connectivity index (χ3n) is 2.74. The van der Waals surface area contributed by atoms with Crippen LogP contribution in [0.4, 0.5) is 0 Å². The summed E-state index contributed by atoms with van der Waals surface area (Å²) in [4.78, 5) is 12.0. The number of hydrogen-bond donors (Lipinski definition) is 2. The monoisotopic (exact) mass is 323 g/mol. The SMILES string of the molecule is Cc1ccc(C(C)NC(=O)c2ccc(Br)cc2O)o1. The molecule has 1 atom stereocenters. The van der Waals surface area contributed by atoms with E-state index in [1.807, 2.05) is 26.0 Å². The van der Waals surface area contributed by atoms with Crippen LogP contribution in [0, 0.1) is 6.92 Å². The molecular formula is C14H14BrNO3. The van der Waals surface area contributed by atoms with Crippen molar-refractivity contribution in [2.24, 2.45) is 0 Å². The number of phenolic OH excluding ortho intramolecular Hbond substituents is 1. The van der Waals surface area contributed by atoms with E-state index in [0.29, 0.717) is 5.76 Å². The molecule has 0 radical (unpaired) electrons. The summed E-state index contributed by atoms with van der Waals surface area (Å²) in [5.41, 5.74) is 0.235. The lowest BCUT2D eigenvalue weighted by molar-refractivity contribution is 0.0932. The molecule has 0 fully saturated rings. The summed E-state index contributed by atoms with van der Waals surface area (Å²) in [7, 11) is 0. The van der Waals surface area contributed by atoms with Gasteiger partial charge in [0.25, 0.3) is 5.91 Å². The Kier molecular flexibility index (Phi) is 3.95. The second kappa shape index (κ2) is 5.48. The van der Waals surface area contributed by atoms with Crippen molar-refractivity contribution >= 4 is 21.8 Å². The van der Waals surface area contributed by atoms with Crippen molar-refractivity contribution in [1.29, 1.82) is 0 Å². The number of phenols is 1. The molecule has 1 heterocycles. The normalized spacial score (nSPS) is 12.2. The molecule has 1 unspecified atom stereocenters. The molecule has 1 aromatic heterocycles. The fourth-order valence-electron chi connectivity index (χ4n) is 1.73. The highest BCUT2D eigenvalue weighted by atomic mass is 79.9. The van der Waals surface area contributed by atoms with E-state index in [2.05, 4.69) is 21.2 Å². The number of rotatable bonds is 3.